The van der Waals surface area contributed by atoms with Crippen LogP contribution in [0.25, 0.3) is 0 Å². The lowest BCUT2D eigenvalue weighted by atomic mass is 10.1. The van der Waals surface area contributed by atoms with Crippen LogP contribution in [0, 0.1) is 0 Å². The number of fused-ring (bicyclic) bond motifs is 2. The molecule has 3 heteroatoms. The third-order valence-electron chi connectivity index (χ3n) is 4.21. The summed E-state index contributed by atoms with van der Waals surface area (Å²) in [6, 6.07) is 11.2. The van der Waals surface area contributed by atoms with E-state index >= 15 is 0 Å². The molecule has 104 valence electrons. The third kappa shape index (κ3) is 3.16. The van der Waals surface area contributed by atoms with Gasteiger partial charge >= 0.3 is 0 Å². The van der Waals surface area contributed by atoms with Crippen molar-refractivity contribution in [3.63, 3.8) is 0 Å². The summed E-state index contributed by atoms with van der Waals surface area (Å²) in [7, 11) is 0. The summed E-state index contributed by atoms with van der Waals surface area (Å²) in [5.74, 6) is 0. The van der Waals surface area contributed by atoms with Crippen molar-refractivity contribution in [3.05, 3.63) is 35.9 Å². The van der Waals surface area contributed by atoms with Gasteiger partial charge in [-0.2, -0.15) is 0 Å². The van der Waals surface area contributed by atoms with E-state index in [1.165, 1.54) is 18.4 Å². The van der Waals surface area contributed by atoms with E-state index < -0.39 is 0 Å². The van der Waals surface area contributed by atoms with E-state index in [1.54, 1.807) is 0 Å². The molecule has 3 unspecified atom stereocenters. The number of hydrogen-bond acceptors (Lipinski definition) is 3. The minimum Gasteiger partial charge on any atom is -0.372 e. The lowest BCUT2D eigenvalue weighted by Crippen LogP contribution is -2.46. The van der Waals surface area contributed by atoms with Crippen LogP contribution in [0.15, 0.2) is 30.3 Å². The summed E-state index contributed by atoms with van der Waals surface area (Å²) >= 11 is 0. The quantitative estimate of drug-likeness (QED) is 0.878. The Hall–Kier alpha value is -0.900. The van der Waals surface area contributed by atoms with Gasteiger partial charge in [0.1, 0.15) is 0 Å². The molecule has 2 heterocycles. The molecule has 2 aliphatic rings. The minimum atomic E-state index is 0.434. The first-order valence-electron chi connectivity index (χ1n) is 7.51. The van der Waals surface area contributed by atoms with Gasteiger partial charge in [0.25, 0.3) is 0 Å². The number of rotatable bonds is 5. The topological polar surface area (TPSA) is 24.5 Å². The number of nitrogens with one attached hydrogen (secondary N) is 1. The van der Waals surface area contributed by atoms with Gasteiger partial charge in [-0.3, -0.25) is 4.90 Å². The number of hydrogen-bond donors (Lipinski definition) is 1. The number of ether oxygens (including phenoxy) is 1. The Balaban J connectivity index is 1.65. The molecular formula is C16H24N2O. The molecule has 0 aliphatic carbocycles. The summed E-state index contributed by atoms with van der Waals surface area (Å²) in [6.07, 6.45) is 3.46. The summed E-state index contributed by atoms with van der Waals surface area (Å²) in [4.78, 5) is 2.58. The summed E-state index contributed by atoms with van der Waals surface area (Å²) in [5, 5.41) is 3.61. The number of likely N-dealkylation sites (N-methyl/N-ethyl adjacent to an activating group) is 1. The maximum atomic E-state index is 5.91. The van der Waals surface area contributed by atoms with E-state index in [1.807, 2.05) is 0 Å². The zero-order chi connectivity index (χ0) is 13.1. The molecule has 3 atom stereocenters. The first-order valence-corrected chi connectivity index (χ1v) is 7.51. The Morgan fingerprint density at radius 3 is 2.53 bits per heavy atom. The second kappa shape index (κ2) is 6.04. The van der Waals surface area contributed by atoms with Crippen LogP contribution in [-0.2, 0) is 4.74 Å². The fraction of sp³-hybridized carbons (Fsp3) is 0.625. The van der Waals surface area contributed by atoms with E-state index in [-0.39, 0.29) is 0 Å². The second-order valence-electron chi connectivity index (χ2n) is 5.70. The van der Waals surface area contributed by atoms with E-state index in [9.17, 15) is 0 Å². The van der Waals surface area contributed by atoms with Crippen molar-refractivity contribution in [2.24, 2.45) is 0 Å². The standard InChI is InChI=1S/C16H24N2O/c1-2-17-16(13-6-4-3-5-7-13)12-18-10-14-8-9-15(11-18)19-14/h3-7,14-17H,2,8-12H2,1H3. The number of nitrogens with zero attached hydrogens (tertiary/aromatic N) is 1. The van der Waals surface area contributed by atoms with Crippen LogP contribution >= 0.6 is 0 Å². The molecule has 0 aromatic heterocycles. The van der Waals surface area contributed by atoms with Crippen molar-refractivity contribution in [1.29, 1.82) is 0 Å². The van der Waals surface area contributed by atoms with E-state index in [0.717, 1.165) is 26.2 Å². The normalized spacial score (nSPS) is 28.5. The molecule has 2 bridgehead atoms. The van der Waals surface area contributed by atoms with Crippen molar-refractivity contribution in [2.45, 2.75) is 38.0 Å². The summed E-state index contributed by atoms with van der Waals surface area (Å²) in [5.41, 5.74) is 1.39. The smallest absolute Gasteiger partial charge is 0.0707 e. The largest absolute Gasteiger partial charge is 0.372 e. The van der Waals surface area contributed by atoms with Gasteiger partial charge in [0, 0.05) is 25.7 Å². The predicted octanol–water partition coefficient (Wildman–Crippen LogP) is 2.20. The van der Waals surface area contributed by atoms with Crippen LogP contribution in [0.3, 0.4) is 0 Å². The van der Waals surface area contributed by atoms with Gasteiger partial charge < -0.3 is 10.1 Å². The Morgan fingerprint density at radius 2 is 1.89 bits per heavy atom. The average Bonchev–Trinajstić information content (AvgIpc) is 2.78. The Kier molecular flexibility index (Phi) is 4.16. The highest BCUT2D eigenvalue weighted by atomic mass is 16.5. The Bertz CT molecular complexity index is 383. The number of likely N-dealkylation sites (tertiary alicyclic amines) is 1. The monoisotopic (exact) mass is 260 g/mol. The van der Waals surface area contributed by atoms with Crippen molar-refractivity contribution < 1.29 is 4.74 Å². The molecule has 1 aromatic rings. The highest BCUT2D eigenvalue weighted by Crippen LogP contribution is 2.27. The number of morpholine rings is 1. The van der Waals surface area contributed by atoms with Crippen molar-refractivity contribution in [3.8, 4) is 0 Å². The Labute approximate surface area is 115 Å². The van der Waals surface area contributed by atoms with Crippen LogP contribution in [0.5, 0.6) is 0 Å². The molecule has 2 fully saturated rings. The van der Waals surface area contributed by atoms with E-state index in [2.05, 4.69) is 47.5 Å². The average molecular weight is 260 g/mol. The van der Waals surface area contributed by atoms with Crippen molar-refractivity contribution in [2.75, 3.05) is 26.2 Å². The molecule has 1 N–H and O–H groups in total. The van der Waals surface area contributed by atoms with Crippen LogP contribution in [-0.4, -0.2) is 43.3 Å². The maximum absolute atomic E-state index is 5.91. The Morgan fingerprint density at radius 1 is 1.21 bits per heavy atom. The van der Waals surface area contributed by atoms with Crippen LogP contribution in [0.2, 0.25) is 0 Å². The van der Waals surface area contributed by atoms with Gasteiger partial charge in [0.15, 0.2) is 0 Å². The highest BCUT2D eigenvalue weighted by Gasteiger charge is 2.34. The molecule has 19 heavy (non-hydrogen) atoms. The van der Waals surface area contributed by atoms with Crippen LogP contribution in [0.1, 0.15) is 31.4 Å². The molecule has 3 nitrogen and oxygen atoms in total. The highest BCUT2D eigenvalue weighted by molar-refractivity contribution is 5.19. The second-order valence-corrected chi connectivity index (χ2v) is 5.70. The predicted molar refractivity (Wildman–Crippen MR) is 77.2 cm³/mol. The first kappa shape index (κ1) is 13.1. The summed E-state index contributed by atoms with van der Waals surface area (Å²) in [6.45, 7) is 6.49. The molecule has 1 aromatic carbocycles. The zero-order valence-corrected chi connectivity index (χ0v) is 11.7. The molecule has 3 rings (SSSR count). The third-order valence-corrected chi connectivity index (χ3v) is 4.21. The van der Waals surface area contributed by atoms with Crippen molar-refractivity contribution in [1.82, 2.24) is 10.2 Å². The van der Waals surface area contributed by atoms with Gasteiger partial charge in [-0.1, -0.05) is 37.3 Å². The number of benzene rings is 1. The van der Waals surface area contributed by atoms with Gasteiger partial charge in [0.05, 0.1) is 12.2 Å². The lowest BCUT2D eigenvalue weighted by Gasteiger charge is -2.34. The van der Waals surface area contributed by atoms with Crippen LogP contribution < -0.4 is 5.32 Å². The summed E-state index contributed by atoms with van der Waals surface area (Å²) < 4.78 is 5.91. The van der Waals surface area contributed by atoms with E-state index in [0.29, 0.717) is 18.2 Å². The lowest BCUT2D eigenvalue weighted by molar-refractivity contribution is -0.0407. The van der Waals surface area contributed by atoms with Gasteiger partial charge in [-0.15, -0.1) is 0 Å². The zero-order valence-electron chi connectivity index (χ0n) is 11.7. The molecule has 2 saturated heterocycles. The fourth-order valence-corrected chi connectivity index (χ4v) is 3.33. The maximum Gasteiger partial charge on any atom is 0.0707 e. The molecular weight excluding hydrogens is 236 g/mol. The SMILES string of the molecule is CCNC(CN1CC2CCC(C1)O2)c1ccccc1. The molecule has 0 amide bonds. The fourth-order valence-electron chi connectivity index (χ4n) is 3.33. The molecule has 0 saturated carbocycles. The molecule has 0 radical (unpaired) electrons. The van der Waals surface area contributed by atoms with Crippen LogP contribution in [0.4, 0.5) is 0 Å². The van der Waals surface area contributed by atoms with Crippen molar-refractivity contribution >= 4 is 0 Å². The first-order chi connectivity index (χ1) is 9.35. The van der Waals surface area contributed by atoms with Gasteiger partial charge in [0.2, 0.25) is 0 Å². The minimum absolute atomic E-state index is 0.434. The molecule has 2 aliphatic heterocycles. The van der Waals surface area contributed by atoms with Gasteiger partial charge in [-0.25, -0.2) is 0 Å². The van der Waals surface area contributed by atoms with Gasteiger partial charge in [-0.05, 0) is 24.9 Å². The van der Waals surface area contributed by atoms with E-state index in [4.69, 9.17) is 4.74 Å². The molecule has 0 spiro atoms.